The molecule has 0 aromatic heterocycles. The molecule has 0 spiro atoms. The first-order chi connectivity index (χ1) is 11.0. The van der Waals surface area contributed by atoms with Crippen LogP contribution in [-0.4, -0.2) is 43.0 Å². The lowest BCUT2D eigenvalue weighted by Crippen LogP contribution is -2.49. The number of methoxy groups -OCH3 is 1. The highest BCUT2D eigenvalue weighted by molar-refractivity contribution is 5.79. The van der Waals surface area contributed by atoms with Crippen molar-refractivity contribution in [1.29, 1.82) is 0 Å². The first-order valence-corrected chi connectivity index (χ1v) is 7.93. The van der Waals surface area contributed by atoms with Crippen molar-refractivity contribution in [2.24, 2.45) is 11.7 Å². The number of nitrogens with two attached hydrogens (primary N) is 1. The molecule has 1 aromatic carbocycles. The second-order valence-corrected chi connectivity index (χ2v) is 6.04. The lowest BCUT2D eigenvalue weighted by molar-refractivity contribution is -0.127. The highest BCUT2D eigenvalue weighted by Gasteiger charge is 2.29. The van der Waals surface area contributed by atoms with Crippen LogP contribution in [0.2, 0.25) is 0 Å². The third-order valence-electron chi connectivity index (χ3n) is 4.43. The van der Waals surface area contributed by atoms with E-state index in [-0.39, 0.29) is 30.3 Å². The number of benzene rings is 1. The van der Waals surface area contributed by atoms with Crippen LogP contribution in [0.3, 0.4) is 0 Å². The number of piperidine rings is 1. The van der Waals surface area contributed by atoms with Gasteiger partial charge in [-0.3, -0.25) is 14.5 Å². The van der Waals surface area contributed by atoms with Gasteiger partial charge in [-0.15, -0.1) is 0 Å². The molecule has 0 radical (unpaired) electrons. The van der Waals surface area contributed by atoms with Gasteiger partial charge in [-0.25, -0.2) is 0 Å². The summed E-state index contributed by atoms with van der Waals surface area (Å²) in [5.74, 6) is 0.255. The molecule has 2 rings (SSSR count). The summed E-state index contributed by atoms with van der Waals surface area (Å²) in [6.07, 6.45) is 1.68. The first kappa shape index (κ1) is 17.3. The summed E-state index contributed by atoms with van der Waals surface area (Å²) in [6.45, 7) is 3.33. The topological polar surface area (TPSA) is 84.7 Å². The molecule has 23 heavy (non-hydrogen) atoms. The Kier molecular flexibility index (Phi) is 5.98. The number of ether oxygens (including phenoxy) is 1. The quantitative estimate of drug-likeness (QED) is 0.816. The molecule has 126 valence electrons. The number of amides is 2. The Bertz CT molecular complexity index is 562. The lowest BCUT2D eigenvalue weighted by atomic mass is 9.93. The number of rotatable bonds is 6. The third-order valence-corrected chi connectivity index (χ3v) is 4.43. The zero-order valence-corrected chi connectivity index (χ0v) is 13.7. The van der Waals surface area contributed by atoms with Gasteiger partial charge in [0, 0.05) is 24.7 Å². The molecule has 2 atom stereocenters. The predicted octanol–water partition coefficient (Wildman–Crippen LogP) is 0.897. The van der Waals surface area contributed by atoms with Crippen molar-refractivity contribution in [3.8, 4) is 5.75 Å². The Morgan fingerprint density at radius 1 is 1.35 bits per heavy atom. The lowest BCUT2D eigenvalue weighted by Gasteiger charge is -2.36. The molecule has 1 fully saturated rings. The van der Waals surface area contributed by atoms with Crippen molar-refractivity contribution in [2.75, 3.05) is 20.2 Å². The van der Waals surface area contributed by atoms with E-state index in [1.807, 2.05) is 29.2 Å². The average Bonchev–Trinajstić information content (AvgIpc) is 2.55. The molecule has 0 aliphatic carbocycles. The molecule has 1 saturated heterocycles. The fourth-order valence-electron chi connectivity index (χ4n) is 2.92. The van der Waals surface area contributed by atoms with Gasteiger partial charge in [0.15, 0.2) is 0 Å². The van der Waals surface area contributed by atoms with Crippen LogP contribution < -0.4 is 15.8 Å². The average molecular weight is 319 g/mol. The van der Waals surface area contributed by atoms with Crippen molar-refractivity contribution < 1.29 is 14.3 Å². The zero-order valence-electron chi connectivity index (χ0n) is 13.7. The van der Waals surface area contributed by atoms with E-state index < -0.39 is 0 Å². The minimum Gasteiger partial charge on any atom is -0.496 e. The number of primary amides is 1. The van der Waals surface area contributed by atoms with E-state index in [1.54, 1.807) is 7.11 Å². The van der Waals surface area contributed by atoms with E-state index in [9.17, 15) is 9.59 Å². The molecule has 0 saturated carbocycles. The summed E-state index contributed by atoms with van der Waals surface area (Å²) in [5, 5.41) is 2.91. The van der Waals surface area contributed by atoms with Gasteiger partial charge < -0.3 is 15.8 Å². The number of nitrogens with one attached hydrogen (secondary N) is 1. The standard InChI is InChI=1S/C17H25N3O3/c1-12-7-8-14(17(18)22)10-20(12)11-16(21)19-9-13-5-3-4-6-15(13)23-2/h3-6,12,14H,7-11H2,1-2H3,(H2,18,22)(H,19,21)/t12-,14-/m0/s1. The van der Waals surface area contributed by atoms with Gasteiger partial charge >= 0.3 is 0 Å². The first-order valence-electron chi connectivity index (χ1n) is 7.93. The van der Waals surface area contributed by atoms with Gasteiger partial charge in [0.25, 0.3) is 0 Å². The Balaban J connectivity index is 1.87. The van der Waals surface area contributed by atoms with Gasteiger partial charge in [0.2, 0.25) is 11.8 Å². The van der Waals surface area contributed by atoms with Gasteiger partial charge in [-0.1, -0.05) is 18.2 Å². The molecule has 0 unspecified atom stereocenters. The van der Waals surface area contributed by atoms with Gasteiger partial charge in [-0.05, 0) is 25.8 Å². The summed E-state index contributed by atoms with van der Waals surface area (Å²) < 4.78 is 5.27. The third kappa shape index (κ3) is 4.69. The highest BCUT2D eigenvalue weighted by atomic mass is 16.5. The van der Waals surface area contributed by atoms with E-state index in [0.29, 0.717) is 13.1 Å². The van der Waals surface area contributed by atoms with Crippen LogP contribution in [0.4, 0.5) is 0 Å². The molecule has 6 nitrogen and oxygen atoms in total. The molecule has 1 aromatic rings. The molecule has 1 aliphatic heterocycles. The molecule has 3 N–H and O–H groups in total. The molecular weight excluding hydrogens is 294 g/mol. The summed E-state index contributed by atoms with van der Waals surface area (Å²) in [6, 6.07) is 7.87. The van der Waals surface area contributed by atoms with E-state index in [2.05, 4.69) is 12.2 Å². The van der Waals surface area contributed by atoms with Crippen molar-refractivity contribution in [3.05, 3.63) is 29.8 Å². The maximum absolute atomic E-state index is 12.2. The minimum absolute atomic E-state index is 0.0622. The van der Waals surface area contributed by atoms with E-state index >= 15 is 0 Å². The second-order valence-electron chi connectivity index (χ2n) is 6.04. The van der Waals surface area contributed by atoms with E-state index in [1.165, 1.54) is 0 Å². The number of hydrogen-bond donors (Lipinski definition) is 2. The number of carbonyl (C=O) groups excluding carboxylic acids is 2. The van der Waals surface area contributed by atoms with Crippen molar-refractivity contribution in [1.82, 2.24) is 10.2 Å². The van der Waals surface area contributed by atoms with Gasteiger partial charge in [-0.2, -0.15) is 0 Å². The molecule has 0 bridgehead atoms. The Morgan fingerprint density at radius 3 is 2.78 bits per heavy atom. The number of nitrogens with zero attached hydrogens (tertiary/aromatic N) is 1. The second kappa shape index (κ2) is 7.97. The molecular formula is C17H25N3O3. The largest absolute Gasteiger partial charge is 0.496 e. The smallest absolute Gasteiger partial charge is 0.234 e. The summed E-state index contributed by atoms with van der Waals surface area (Å²) >= 11 is 0. The summed E-state index contributed by atoms with van der Waals surface area (Å²) in [4.78, 5) is 25.6. The summed E-state index contributed by atoms with van der Waals surface area (Å²) in [5.41, 5.74) is 6.33. The maximum atomic E-state index is 12.2. The fraction of sp³-hybridized carbons (Fsp3) is 0.529. The van der Waals surface area contributed by atoms with Crippen LogP contribution in [0.5, 0.6) is 5.75 Å². The molecule has 1 heterocycles. The SMILES string of the molecule is COc1ccccc1CNC(=O)CN1C[C@@H](C(N)=O)CC[C@@H]1C. The Morgan fingerprint density at radius 2 is 2.09 bits per heavy atom. The number of hydrogen-bond acceptors (Lipinski definition) is 4. The molecule has 6 heteroatoms. The van der Waals surface area contributed by atoms with Gasteiger partial charge in [0.1, 0.15) is 5.75 Å². The monoisotopic (exact) mass is 319 g/mol. The van der Waals surface area contributed by atoms with Crippen LogP contribution in [-0.2, 0) is 16.1 Å². The Hall–Kier alpha value is -2.08. The number of likely N-dealkylation sites (tertiary alicyclic amines) is 1. The van der Waals surface area contributed by atoms with Crippen LogP contribution in [0, 0.1) is 5.92 Å². The maximum Gasteiger partial charge on any atom is 0.234 e. The van der Waals surface area contributed by atoms with E-state index in [4.69, 9.17) is 10.5 Å². The van der Waals surface area contributed by atoms with Gasteiger partial charge in [0.05, 0.1) is 19.6 Å². The Labute approximate surface area is 137 Å². The summed E-state index contributed by atoms with van der Waals surface area (Å²) in [7, 11) is 1.61. The molecule has 2 amide bonds. The zero-order chi connectivity index (χ0) is 16.8. The van der Waals surface area contributed by atoms with Crippen LogP contribution in [0.25, 0.3) is 0 Å². The predicted molar refractivity (Wildman–Crippen MR) is 87.8 cm³/mol. The number of carbonyl (C=O) groups is 2. The van der Waals surface area contributed by atoms with Crippen molar-refractivity contribution >= 4 is 11.8 Å². The normalized spacial score (nSPS) is 21.7. The molecule has 1 aliphatic rings. The highest BCUT2D eigenvalue weighted by Crippen LogP contribution is 2.21. The number of para-hydroxylation sites is 1. The minimum atomic E-state index is -0.281. The van der Waals surface area contributed by atoms with Crippen molar-refractivity contribution in [3.63, 3.8) is 0 Å². The van der Waals surface area contributed by atoms with Crippen LogP contribution >= 0.6 is 0 Å². The fourth-order valence-corrected chi connectivity index (χ4v) is 2.92. The van der Waals surface area contributed by atoms with Crippen LogP contribution in [0.1, 0.15) is 25.3 Å². The van der Waals surface area contributed by atoms with E-state index in [0.717, 1.165) is 24.2 Å². The van der Waals surface area contributed by atoms with Crippen LogP contribution in [0.15, 0.2) is 24.3 Å². The van der Waals surface area contributed by atoms with Crippen molar-refractivity contribution in [2.45, 2.75) is 32.4 Å².